The van der Waals surface area contributed by atoms with Crippen molar-refractivity contribution in [1.29, 1.82) is 5.26 Å². The van der Waals surface area contributed by atoms with Gasteiger partial charge in [0.2, 0.25) is 0 Å². The Hall–Kier alpha value is -7.29. The number of hydrogen-bond donors (Lipinski definition) is 0. The summed E-state index contributed by atoms with van der Waals surface area (Å²) >= 11 is 0. The fourth-order valence-corrected chi connectivity index (χ4v) is 7.65. The third kappa shape index (κ3) is 4.63. The minimum atomic E-state index is 0.579. The van der Waals surface area contributed by atoms with Crippen LogP contribution in [0.3, 0.4) is 0 Å². The summed E-state index contributed by atoms with van der Waals surface area (Å²) in [5.41, 5.74) is 11.3. The molecule has 0 saturated heterocycles. The molecule has 242 valence electrons. The molecule has 0 aliphatic carbocycles. The fraction of sp³-hybridized carbons (Fsp3) is 0. The lowest BCUT2D eigenvalue weighted by atomic mass is 10.0. The van der Waals surface area contributed by atoms with Crippen molar-refractivity contribution in [2.24, 2.45) is 0 Å². The van der Waals surface area contributed by atoms with Crippen molar-refractivity contribution in [1.82, 2.24) is 19.1 Å². The predicted octanol–water partition coefficient (Wildman–Crippen LogP) is 11.5. The molecule has 7 aromatic carbocycles. The van der Waals surface area contributed by atoms with Crippen LogP contribution in [0, 0.1) is 11.3 Å². The first-order chi connectivity index (χ1) is 25.8. The molecule has 0 aliphatic heterocycles. The van der Waals surface area contributed by atoms with Crippen LogP contribution in [-0.2, 0) is 0 Å². The van der Waals surface area contributed by atoms with E-state index in [1.165, 1.54) is 10.8 Å². The second-order valence-corrected chi connectivity index (χ2v) is 12.9. The summed E-state index contributed by atoms with van der Waals surface area (Å²) in [6.07, 6.45) is 0. The van der Waals surface area contributed by atoms with Crippen LogP contribution >= 0.6 is 0 Å². The van der Waals surface area contributed by atoms with Crippen LogP contribution in [-0.4, -0.2) is 19.1 Å². The highest BCUT2D eigenvalue weighted by Crippen LogP contribution is 2.42. The molecule has 5 nitrogen and oxygen atoms in total. The molecule has 0 atom stereocenters. The summed E-state index contributed by atoms with van der Waals surface area (Å²) in [6, 6.07) is 62.9. The number of nitrogens with zero attached hydrogens (tertiary/aromatic N) is 5. The lowest BCUT2D eigenvalue weighted by Gasteiger charge is -2.14. The average Bonchev–Trinajstić information content (AvgIpc) is 3.74. The van der Waals surface area contributed by atoms with Crippen molar-refractivity contribution < 1.29 is 0 Å². The van der Waals surface area contributed by atoms with Crippen molar-refractivity contribution in [2.45, 2.75) is 0 Å². The molecule has 0 fully saturated rings. The zero-order valence-electron chi connectivity index (χ0n) is 28.0. The Morgan fingerprint density at radius 3 is 1.75 bits per heavy atom. The molecule has 0 unspecified atom stereocenters. The van der Waals surface area contributed by atoms with Gasteiger partial charge >= 0.3 is 0 Å². The summed E-state index contributed by atoms with van der Waals surface area (Å²) in [4.78, 5) is 10.1. The minimum Gasteiger partial charge on any atom is -0.309 e. The van der Waals surface area contributed by atoms with Gasteiger partial charge in [-0.25, -0.2) is 9.97 Å². The van der Waals surface area contributed by atoms with E-state index in [0.717, 1.165) is 72.3 Å². The molecule has 0 aliphatic rings. The molecule has 10 aromatic rings. The molecule has 0 amide bonds. The van der Waals surface area contributed by atoms with E-state index in [2.05, 4.69) is 124 Å². The van der Waals surface area contributed by atoms with Crippen LogP contribution in [0.5, 0.6) is 0 Å². The van der Waals surface area contributed by atoms with Gasteiger partial charge in [-0.2, -0.15) is 5.26 Å². The normalized spacial score (nSPS) is 11.4. The number of benzene rings is 7. The molecule has 3 aromatic heterocycles. The molecular formula is C47H29N5. The fourth-order valence-electron chi connectivity index (χ4n) is 7.65. The smallest absolute Gasteiger partial charge is 0.160 e. The topological polar surface area (TPSA) is 59.4 Å². The Kier molecular flexibility index (Phi) is 6.80. The van der Waals surface area contributed by atoms with Crippen LogP contribution in [0.25, 0.3) is 88.9 Å². The monoisotopic (exact) mass is 663 g/mol. The van der Waals surface area contributed by atoms with E-state index in [4.69, 9.17) is 9.97 Å². The molecule has 52 heavy (non-hydrogen) atoms. The van der Waals surface area contributed by atoms with Crippen LogP contribution in [0.2, 0.25) is 0 Å². The van der Waals surface area contributed by atoms with E-state index in [-0.39, 0.29) is 0 Å². The maximum atomic E-state index is 10.6. The molecule has 0 N–H and O–H groups in total. The standard InChI is InChI=1S/C47H29N5/c48-30-34-25-24-33(40-29-39(31-14-4-1-5-15-31)49-47(50-40)32-16-6-2-7-17-32)28-44(34)52-42-23-13-11-21-38(42)45-43(52)27-26-37-36-20-10-12-22-41(36)51(46(37)45)35-18-8-3-9-19-35/h1-29H. The van der Waals surface area contributed by atoms with Crippen LogP contribution in [0.1, 0.15) is 5.56 Å². The predicted molar refractivity (Wildman–Crippen MR) is 212 cm³/mol. The molecule has 0 saturated carbocycles. The molecule has 0 spiro atoms. The number of para-hydroxylation sites is 3. The zero-order chi connectivity index (χ0) is 34.6. The van der Waals surface area contributed by atoms with Crippen molar-refractivity contribution in [2.75, 3.05) is 0 Å². The van der Waals surface area contributed by atoms with E-state index >= 15 is 0 Å². The van der Waals surface area contributed by atoms with Crippen molar-refractivity contribution in [3.05, 3.63) is 181 Å². The van der Waals surface area contributed by atoms with E-state index in [0.29, 0.717) is 11.4 Å². The Morgan fingerprint density at radius 2 is 1.04 bits per heavy atom. The van der Waals surface area contributed by atoms with Crippen molar-refractivity contribution >= 4 is 43.6 Å². The van der Waals surface area contributed by atoms with Gasteiger partial charge in [0.25, 0.3) is 0 Å². The minimum absolute atomic E-state index is 0.579. The summed E-state index contributed by atoms with van der Waals surface area (Å²) in [6.45, 7) is 0. The van der Waals surface area contributed by atoms with E-state index in [1.54, 1.807) is 0 Å². The Balaban J connectivity index is 1.27. The molecule has 0 radical (unpaired) electrons. The molecule has 5 heteroatoms. The second-order valence-electron chi connectivity index (χ2n) is 12.9. The summed E-state index contributed by atoms with van der Waals surface area (Å²) < 4.78 is 4.62. The van der Waals surface area contributed by atoms with Gasteiger partial charge in [0.05, 0.1) is 44.7 Å². The van der Waals surface area contributed by atoms with Crippen LogP contribution in [0.4, 0.5) is 0 Å². The SMILES string of the molecule is N#Cc1ccc(-c2cc(-c3ccccc3)nc(-c3ccccc3)n2)cc1-n1c2ccccc2c2c1ccc1c3ccccc3n(-c3ccccc3)c12. The zero-order valence-corrected chi connectivity index (χ0v) is 28.0. The quantitative estimate of drug-likeness (QED) is 0.184. The molecule has 10 rings (SSSR count). The third-order valence-corrected chi connectivity index (χ3v) is 9.97. The van der Waals surface area contributed by atoms with Gasteiger partial charge in [-0.05, 0) is 48.5 Å². The van der Waals surface area contributed by atoms with Gasteiger partial charge in [-0.1, -0.05) is 127 Å². The van der Waals surface area contributed by atoms with E-state index in [1.807, 2.05) is 66.7 Å². The highest BCUT2D eigenvalue weighted by atomic mass is 15.0. The van der Waals surface area contributed by atoms with Gasteiger partial charge in [0.1, 0.15) is 6.07 Å². The average molecular weight is 664 g/mol. The lowest BCUT2D eigenvalue weighted by molar-refractivity contribution is 1.15. The van der Waals surface area contributed by atoms with Gasteiger partial charge in [0.15, 0.2) is 5.82 Å². The van der Waals surface area contributed by atoms with Crippen molar-refractivity contribution in [3.8, 4) is 51.3 Å². The number of fused-ring (bicyclic) bond motifs is 7. The number of nitriles is 1. The lowest BCUT2D eigenvalue weighted by Crippen LogP contribution is -2.00. The van der Waals surface area contributed by atoms with Gasteiger partial charge < -0.3 is 9.13 Å². The van der Waals surface area contributed by atoms with Gasteiger partial charge in [0, 0.05) is 43.9 Å². The Bertz CT molecular complexity index is 2950. The Labute approximate surface area is 299 Å². The highest BCUT2D eigenvalue weighted by molar-refractivity contribution is 6.26. The summed E-state index contributed by atoms with van der Waals surface area (Å²) in [5.74, 6) is 0.649. The second kappa shape index (κ2) is 11.9. The molecular weight excluding hydrogens is 635 g/mol. The number of rotatable bonds is 5. The number of hydrogen-bond acceptors (Lipinski definition) is 3. The molecule has 3 heterocycles. The third-order valence-electron chi connectivity index (χ3n) is 9.97. The first-order valence-corrected chi connectivity index (χ1v) is 17.3. The molecule has 0 bridgehead atoms. The van der Waals surface area contributed by atoms with Crippen LogP contribution in [0.15, 0.2) is 176 Å². The maximum Gasteiger partial charge on any atom is 0.160 e. The highest BCUT2D eigenvalue weighted by Gasteiger charge is 2.22. The first-order valence-electron chi connectivity index (χ1n) is 17.3. The maximum absolute atomic E-state index is 10.6. The van der Waals surface area contributed by atoms with Gasteiger partial charge in [-0.3, -0.25) is 0 Å². The number of aromatic nitrogens is 4. The van der Waals surface area contributed by atoms with Gasteiger partial charge in [-0.15, -0.1) is 0 Å². The summed E-state index contributed by atoms with van der Waals surface area (Å²) in [5, 5.41) is 15.2. The van der Waals surface area contributed by atoms with Crippen LogP contribution < -0.4 is 0 Å². The largest absolute Gasteiger partial charge is 0.309 e. The van der Waals surface area contributed by atoms with Crippen molar-refractivity contribution in [3.63, 3.8) is 0 Å². The first kappa shape index (κ1) is 29.6. The van der Waals surface area contributed by atoms with E-state index in [9.17, 15) is 5.26 Å². The summed E-state index contributed by atoms with van der Waals surface area (Å²) in [7, 11) is 0. The Morgan fingerprint density at radius 1 is 0.442 bits per heavy atom. The van der Waals surface area contributed by atoms with E-state index < -0.39 is 0 Å².